The number of hydrogen-bond donors (Lipinski definition) is 2. The van der Waals surface area contributed by atoms with Crippen LogP contribution in [0.15, 0.2) is 48.5 Å². The van der Waals surface area contributed by atoms with Crippen LogP contribution >= 0.6 is 0 Å². The number of amides is 2. The van der Waals surface area contributed by atoms with Crippen molar-refractivity contribution in [2.45, 2.75) is 18.4 Å². The molecule has 2 amide bonds. The molecule has 2 aliphatic heterocycles. The van der Waals surface area contributed by atoms with E-state index >= 15 is 0 Å². The number of aromatic amines is 1. The molecule has 6 heteroatoms. The standard InChI is InChI=1S/C22H21N3O3/c1-22-20-19(14-8-3-5-9-16(14)24-20)15(13-7-4-6-10-17(13)28-2)12-25(22)18(26)11-23-21(22)27/h3-10,15,24H,11-12H2,1-2H3,(H,23,27)/t15-,22-/m0/s1. The lowest BCUT2D eigenvalue weighted by atomic mass is 9.76. The number of carbonyl (C=O) groups excluding carboxylic acids is 2. The van der Waals surface area contributed by atoms with Crippen molar-refractivity contribution >= 4 is 22.7 Å². The van der Waals surface area contributed by atoms with Gasteiger partial charge in [-0.15, -0.1) is 0 Å². The summed E-state index contributed by atoms with van der Waals surface area (Å²) in [5.41, 5.74) is 2.76. The molecule has 5 rings (SSSR count). The van der Waals surface area contributed by atoms with Crippen molar-refractivity contribution in [1.29, 1.82) is 0 Å². The van der Waals surface area contributed by atoms with Crippen molar-refractivity contribution in [2.75, 3.05) is 20.2 Å². The Morgan fingerprint density at radius 1 is 1.11 bits per heavy atom. The van der Waals surface area contributed by atoms with Crippen molar-refractivity contribution in [3.05, 3.63) is 65.4 Å². The molecule has 1 saturated heterocycles. The van der Waals surface area contributed by atoms with Crippen molar-refractivity contribution in [3.63, 3.8) is 0 Å². The molecule has 0 unspecified atom stereocenters. The fourth-order valence-electron chi connectivity index (χ4n) is 4.72. The molecule has 2 N–H and O–H groups in total. The van der Waals surface area contributed by atoms with Gasteiger partial charge in [0.2, 0.25) is 5.91 Å². The molecule has 1 aromatic heterocycles. The third-order valence-electron chi connectivity index (χ3n) is 6.14. The van der Waals surface area contributed by atoms with Crippen molar-refractivity contribution in [3.8, 4) is 5.75 Å². The van der Waals surface area contributed by atoms with Crippen LogP contribution < -0.4 is 10.1 Å². The minimum atomic E-state index is -1.05. The molecule has 6 nitrogen and oxygen atoms in total. The van der Waals surface area contributed by atoms with E-state index in [4.69, 9.17) is 4.74 Å². The molecule has 0 bridgehead atoms. The van der Waals surface area contributed by atoms with Crippen LogP contribution in [0.5, 0.6) is 5.75 Å². The molecule has 3 heterocycles. The van der Waals surface area contributed by atoms with E-state index in [1.165, 1.54) is 0 Å². The molecule has 142 valence electrons. The van der Waals surface area contributed by atoms with Crippen LogP contribution in [0.2, 0.25) is 0 Å². The van der Waals surface area contributed by atoms with E-state index in [2.05, 4.69) is 16.4 Å². The minimum absolute atomic E-state index is 0.0304. The average molecular weight is 375 g/mol. The number of aromatic nitrogens is 1. The summed E-state index contributed by atoms with van der Waals surface area (Å²) in [5, 5.41) is 3.83. The maximum absolute atomic E-state index is 13.0. The number of para-hydroxylation sites is 2. The molecule has 0 radical (unpaired) electrons. The minimum Gasteiger partial charge on any atom is -0.496 e. The quantitative estimate of drug-likeness (QED) is 0.723. The Morgan fingerprint density at radius 2 is 1.86 bits per heavy atom. The van der Waals surface area contributed by atoms with E-state index in [1.54, 1.807) is 12.0 Å². The molecule has 2 atom stereocenters. The molecule has 28 heavy (non-hydrogen) atoms. The van der Waals surface area contributed by atoms with Crippen LogP contribution in [0.25, 0.3) is 10.9 Å². The second kappa shape index (κ2) is 5.86. The lowest BCUT2D eigenvalue weighted by molar-refractivity contribution is -0.154. The van der Waals surface area contributed by atoms with E-state index in [-0.39, 0.29) is 24.3 Å². The first-order chi connectivity index (χ1) is 13.6. The van der Waals surface area contributed by atoms with Crippen LogP contribution in [0.3, 0.4) is 0 Å². The van der Waals surface area contributed by atoms with Gasteiger partial charge in [0.1, 0.15) is 5.75 Å². The number of H-pyrrole nitrogens is 1. The van der Waals surface area contributed by atoms with Crippen molar-refractivity contribution in [1.82, 2.24) is 15.2 Å². The first kappa shape index (κ1) is 16.9. The predicted octanol–water partition coefficient (Wildman–Crippen LogP) is 2.50. The highest BCUT2D eigenvalue weighted by atomic mass is 16.5. The summed E-state index contributed by atoms with van der Waals surface area (Å²) >= 11 is 0. The first-order valence-corrected chi connectivity index (χ1v) is 9.38. The molecule has 2 aromatic carbocycles. The Balaban J connectivity index is 1.83. The van der Waals surface area contributed by atoms with Gasteiger partial charge in [0.05, 0.1) is 19.3 Å². The molecule has 3 aromatic rings. The van der Waals surface area contributed by atoms with Crippen LogP contribution in [0.1, 0.15) is 29.7 Å². The van der Waals surface area contributed by atoms with Gasteiger partial charge in [-0.1, -0.05) is 36.4 Å². The zero-order chi connectivity index (χ0) is 19.5. The third kappa shape index (κ3) is 2.08. The highest BCUT2D eigenvalue weighted by Gasteiger charge is 2.54. The van der Waals surface area contributed by atoms with Gasteiger partial charge in [0.25, 0.3) is 5.91 Å². The molecule has 1 fully saturated rings. The number of piperazine rings is 1. The van der Waals surface area contributed by atoms with Gasteiger partial charge in [0.15, 0.2) is 5.54 Å². The normalized spacial score (nSPS) is 23.9. The van der Waals surface area contributed by atoms with Gasteiger partial charge < -0.3 is 19.9 Å². The zero-order valence-corrected chi connectivity index (χ0v) is 15.8. The Hall–Kier alpha value is -3.28. The second-order valence-electron chi connectivity index (χ2n) is 7.51. The van der Waals surface area contributed by atoms with E-state index in [9.17, 15) is 9.59 Å². The van der Waals surface area contributed by atoms with E-state index in [1.807, 2.05) is 49.4 Å². The molecular formula is C22H21N3O3. The highest BCUT2D eigenvalue weighted by Crippen LogP contribution is 2.48. The number of fused-ring (bicyclic) bond motifs is 5. The number of nitrogens with one attached hydrogen (secondary N) is 2. The monoisotopic (exact) mass is 375 g/mol. The average Bonchev–Trinajstić information content (AvgIpc) is 3.12. The Bertz CT molecular complexity index is 1120. The summed E-state index contributed by atoms with van der Waals surface area (Å²) in [6.45, 7) is 2.28. The maximum atomic E-state index is 13.0. The summed E-state index contributed by atoms with van der Waals surface area (Å²) in [6, 6.07) is 15.9. The largest absolute Gasteiger partial charge is 0.496 e. The topological polar surface area (TPSA) is 74.4 Å². The number of rotatable bonds is 2. The Labute approximate surface area is 162 Å². The van der Waals surface area contributed by atoms with Crippen LogP contribution in [0.4, 0.5) is 0 Å². The van der Waals surface area contributed by atoms with Gasteiger partial charge >= 0.3 is 0 Å². The lowest BCUT2D eigenvalue weighted by Crippen LogP contribution is -2.66. The first-order valence-electron chi connectivity index (χ1n) is 9.38. The second-order valence-corrected chi connectivity index (χ2v) is 7.51. The summed E-state index contributed by atoms with van der Waals surface area (Å²) in [6.07, 6.45) is 0. The van der Waals surface area contributed by atoms with Gasteiger partial charge in [-0.2, -0.15) is 0 Å². The van der Waals surface area contributed by atoms with E-state index < -0.39 is 5.54 Å². The molecule has 2 aliphatic rings. The van der Waals surface area contributed by atoms with Crippen LogP contribution in [-0.2, 0) is 15.1 Å². The molecular weight excluding hydrogens is 354 g/mol. The molecule has 0 saturated carbocycles. The van der Waals surface area contributed by atoms with Crippen molar-refractivity contribution < 1.29 is 14.3 Å². The SMILES string of the molecule is COc1ccccc1[C@@H]1CN2C(=O)CNC(=O)[C@]2(C)c2[nH]c3ccccc3c21. The van der Waals surface area contributed by atoms with E-state index in [0.717, 1.165) is 33.5 Å². The predicted molar refractivity (Wildman–Crippen MR) is 105 cm³/mol. The summed E-state index contributed by atoms with van der Waals surface area (Å²) in [4.78, 5) is 30.9. The van der Waals surface area contributed by atoms with Gasteiger partial charge in [0, 0.05) is 28.9 Å². The number of carbonyl (C=O) groups is 2. The lowest BCUT2D eigenvalue weighted by Gasteiger charge is -2.48. The number of methoxy groups -OCH3 is 1. The smallest absolute Gasteiger partial charge is 0.252 e. The number of ether oxygens (including phenoxy) is 1. The van der Waals surface area contributed by atoms with Crippen LogP contribution in [0, 0.1) is 0 Å². The highest BCUT2D eigenvalue weighted by molar-refractivity contribution is 6.01. The summed E-state index contributed by atoms with van der Waals surface area (Å²) in [5.74, 6) is 0.455. The summed E-state index contributed by atoms with van der Waals surface area (Å²) in [7, 11) is 1.65. The molecule has 0 aliphatic carbocycles. The Kier molecular flexibility index (Phi) is 3.53. The van der Waals surface area contributed by atoms with Gasteiger partial charge in [-0.3, -0.25) is 9.59 Å². The van der Waals surface area contributed by atoms with Crippen molar-refractivity contribution in [2.24, 2.45) is 0 Å². The van der Waals surface area contributed by atoms with E-state index in [0.29, 0.717) is 6.54 Å². The fourth-order valence-corrected chi connectivity index (χ4v) is 4.72. The molecule has 0 spiro atoms. The third-order valence-corrected chi connectivity index (χ3v) is 6.14. The van der Waals surface area contributed by atoms with Gasteiger partial charge in [-0.25, -0.2) is 0 Å². The maximum Gasteiger partial charge on any atom is 0.252 e. The number of benzene rings is 2. The van der Waals surface area contributed by atoms with Gasteiger partial charge in [-0.05, 0) is 24.6 Å². The zero-order valence-electron chi connectivity index (χ0n) is 15.8. The number of hydrogen-bond acceptors (Lipinski definition) is 3. The summed E-state index contributed by atoms with van der Waals surface area (Å²) < 4.78 is 5.62. The fraction of sp³-hybridized carbons (Fsp3) is 0.273. The van der Waals surface area contributed by atoms with Crippen LogP contribution in [-0.4, -0.2) is 41.9 Å². The Morgan fingerprint density at radius 3 is 2.68 bits per heavy atom. The number of nitrogens with zero attached hydrogens (tertiary/aromatic N) is 1.